The Balaban J connectivity index is 1.98. The largest absolute Gasteiger partial charge is 0.390 e. The van der Waals surface area contributed by atoms with Crippen molar-refractivity contribution in [1.29, 1.82) is 0 Å². The molecular weight excluding hydrogens is 168 g/mol. The molecule has 0 radical (unpaired) electrons. The van der Waals surface area contributed by atoms with Crippen LogP contribution in [0.3, 0.4) is 0 Å². The summed E-state index contributed by atoms with van der Waals surface area (Å²) in [6, 6.07) is 0. The minimum absolute atomic E-state index is 0.334. The minimum Gasteiger partial charge on any atom is -0.390 e. The molecule has 4 heteroatoms. The molecule has 1 aliphatic rings. The topological polar surface area (TPSA) is 67.5 Å². The standard InChI is InChI=1S/C9H20N2O2/c10-5-9(12)7-11-6-8-1-3-13-4-2-8/h8-9,11-12H,1-7,10H2. The third-order valence-electron chi connectivity index (χ3n) is 2.43. The molecule has 1 unspecified atom stereocenters. The van der Waals surface area contributed by atoms with Crippen LogP contribution in [0.25, 0.3) is 0 Å². The summed E-state index contributed by atoms with van der Waals surface area (Å²) in [5.74, 6) is 0.707. The first-order valence-electron chi connectivity index (χ1n) is 4.99. The highest BCUT2D eigenvalue weighted by atomic mass is 16.5. The van der Waals surface area contributed by atoms with Crippen LogP contribution in [0.1, 0.15) is 12.8 Å². The molecule has 4 nitrogen and oxygen atoms in total. The first-order valence-corrected chi connectivity index (χ1v) is 4.99. The summed E-state index contributed by atoms with van der Waals surface area (Å²) in [6.45, 7) is 3.67. The summed E-state index contributed by atoms with van der Waals surface area (Å²) in [4.78, 5) is 0. The van der Waals surface area contributed by atoms with E-state index in [1.165, 1.54) is 0 Å². The van der Waals surface area contributed by atoms with Gasteiger partial charge >= 0.3 is 0 Å². The van der Waals surface area contributed by atoms with Crippen molar-refractivity contribution in [2.45, 2.75) is 18.9 Å². The SMILES string of the molecule is NCC(O)CNCC1CCOCC1. The summed E-state index contributed by atoms with van der Waals surface area (Å²) in [5.41, 5.74) is 5.28. The monoisotopic (exact) mass is 188 g/mol. The van der Waals surface area contributed by atoms with Gasteiger partial charge in [0.2, 0.25) is 0 Å². The quantitative estimate of drug-likeness (QED) is 0.535. The van der Waals surface area contributed by atoms with Gasteiger partial charge in [-0.2, -0.15) is 0 Å². The molecule has 0 aromatic heterocycles. The molecule has 0 spiro atoms. The van der Waals surface area contributed by atoms with E-state index in [2.05, 4.69) is 5.32 Å². The Morgan fingerprint density at radius 1 is 1.46 bits per heavy atom. The van der Waals surface area contributed by atoms with E-state index >= 15 is 0 Å². The van der Waals surface area contributed by atoms with E-state index in [4.69, 9.17) is 10.5 Å². The molecule has 13 heavy (non-hydrogen) atoms. The van der Waals surface area contributed by atoms with Gasteiger partial charge in [-0.25, -0.2) is 0 Å². The molecule has 1 saturated heterocycles. The van der Waals surface area contributed by atoms with Crippen molar-refractivity contribution in [1.82, 2.24) is 5.32 Å². The van der Waals surface area contributed by atoms with Gasteiger partial charge < -0.3 is 20.9 Å². The Morgan fingerprint density at radius 3 is 2.77 bits per heavy atom. The smallest absolute Gasteiger partial charge is 0.0786 e. The van der Waals surface area contributed by atoms with Gasteiger partial charge in [0.15, 0.2) is 0 Å². The van der Waals surface area contributed by atoms with E-state index in [1.807, 2.05) is 0 Å². The fourth-order valence-corrected chi connectivity index (χ4v) is 1.49. The van der Waals surface area contributed by atoms with Gasteiger partial charge in [0.25, 0.3) is 0 Å². The average molecular weight is 188 g/mol. The second-order valence-corrected chi connectivity index (χ2v) is 3.60. The van der Waals surface area contributed by atoms with Gasteiger partial charge in [-0.15, -0.1) is 0 Å². The van der Waals surface area contributed by atoms with Crippen LogP contribution in [0, 0.1) is 5.92 Å². The Morgan fingerprint density at radius 2 is 2.15 bits per heavy atom. The van der Waals surface area contributed by atoms with Crippen LogP contribution in [-0.2, 0) is 4.74 Å². The first kappa shape index (κ1) is 10.9. The molecule has 0 aromatic carbocycles. The number of aliphatic hydroxyl groups excluding tert-OH is 1. The van der Waals surface area contributed by atoms with Crippen LogP contribution < -0.4 is 11.1 Å². The third-order valence-corrected chi connectivity index (χ3v) is 2.43. The van der Waals surface area contributed by atoms with Crippen molar-refractivity contribution in [2.24, 2.45) is 11.7 Å². The molecule has 1 atom stereocenters. The van der Waals surface area contributed by atoms with Gasteiger partial charge in [0.1, 0.15) is 0 Å². The second kappa shape index (κ2) is 6.32. The lowest BCUT2D eigenvalue weighted by Gasteiger charge is -2.22. The fraction of sp³-hybridized carbons (Fsp3) is 1.00. The molecular formula is C9H20N2O2. The van der Waals surface area contributed by atoms with E-state index in [0.717, 1.165) is 32.6 Å². The predicted octanol–water partition coefficient (Wildman–Crippen LogP) is -0.678. The van der Waals surface area contributed by atoms with Crippen LogP contribution in [0.5, 0.6) is 0 Å². The Labute approximate surface area is 79.5 Å². The molecule has 1 rings (SSSR count). The summed E-state index contributed by atoms with van der Waals surface area (Å²) >= 11 is 0. The van der Waals surface area contributed by atoms with Crippen molar-refractivity contribution < 1.29 is 9.84 Å². The number of nitrogens with one attached hydrogen (secondary N) is 1. The lowest BCUT2D eigenvalue weighted by Crippen LogP contribution is -2.36. The van der Waals surface area contributed by atoms with E-state index < -0.39 is 6.10 Å². The van der Waals surface area contributed by atoms with Gasteiger partial charge in [-0.1, -0.05) is 0 Å². The molecule has 0 aromatic rings. The van der Waals surface area contributed by atoms with E-state index in [9.17, 15) is 5.11 Å². The molecule has 78 valence electrons. The zero-order valence-corrected chi connectivity index (χ0v) is 8.04. The van der Waals surface area contributed by atoms with Crippen molar-refractivity contribution >= 4 is 0 Å². The Kier molecular flexibility index (Phi) is 5.31. The second-order valence-electron chi connectivity index (χ2n) is 3.60. The molecule has 0 aliphatic carbocycles. The predicted molar refractivity (Wildman–Crippen MR) is 51.5 cm³/mol. The van der Waals surface area contributed by atoms with Gasteiger partial charge in [0, 0.05) is 26.3 Å². The summed E-state index contributed by atoms with van der Waals surface area (Å²) in [7, 11) is 0. The zero-order valence-electron chi connectivity index (χ0n) is 8.04. The first-order chi connectivity index (χ1) is 6.33. The summed E-state index contributed by atoms with van der Waals surface area (Å²) in [6.07, 6.45) is 1.86. The maximum absolute atomic E-state index is 9.18. The van der Waals surface area contributed by atoms with E-state index in [1.54, 1.807) is 0 Å². The fourth-order valence-electron chi connectivity index (χ4n) is 1.49. The van der Waals surface area contributed by atoms with Gasteiger partial charge in [-0.3, -0.25) is 0 Å². The zero-order chi connectivity index (χ0) is 9.52. The van der Waals surface area contributed by atoms with Crippen LogP contribution >= 0.6 is 0 Å². The summed E-state index contributed by atoms with van der Waals surface area (Å²) in [5, 5.41) is 12.4. The number of aliphatic hydroxyl groups is 1. The molecule has 4 N–H and O–H groups in total. The highest BCUT2D eigenvalue weighted by Gasteiger charge is 2.13. The van der Waals surface area contributed by atoms with Crippen LogP contribution in [0.2, 0.25) is 0 Å². The molecule has 1 aliphatic heterocycles. The normalized spacial score (nSPS) is 21.7. The average Bonchev–Trinajstić information content (AvgIpc) is 2.19. The maximum atomic E-state index is 9.18. The van der Waals surface area contributed by atoms with Crippen LogP contribution in [-0.4, -0.2) is 44.1 Å². The van der Waals surface area contributed by atoms with Crippen molar-refractivity contribution in [3.05, 3.63) is 0 Å². The number of nitrogens with two attached hydrogens (primary N) is 1. The molecule has 1 heterocycles. The van der Waals surface area contributed by atoms with Gasteiger partial charge in [-0.05, 0) is 25.3 Å². The Bertz CT molecular complexity index is 127. The lowest BCUT2D eigenvalue weighted by molar-refractivity contribution is 0.0651. The summed E-state index contributed by atoms with van der Waals surface area (Å²) < 4.78 is 5.25. The van der Waals surface area contributed by atoms with E-state index in [-0.39, 0.29) is 0 Å². The van der Waals surface area contributed by atoms with Crippen molar-refractivity contribution in [2.75, 3.05) is 32.8 Å². The van der Waals surface area contributed by atoms with Crippen molar-refractivity contribution in [3.8, 4) is 0 Å². The number of ether oxygens (including phenoxy) is 1. The third kappa shape index (κ3) is 4.57. The molecule has 1 fully saturated rings. The number of hydrogen-bond donors (Lipinski definition) is 3. The highest BCUT2D eigenvalue weighted by molar-refractivity contribution is 4.67. The van der Waals surface area contributed by atoms with E-state index in [0.29, 0.717) is 19.0 Å². The van der Waals surface area contributed by atoms with Crippen LogP contribution in [0.15, 0.2) is 0 Å². The molecule has 0 bridgehead atoms. The van der Waals surface area contributed by atoms with Crippen LogP contribution in [0.4, 0.5) is 0 Å². The minimum atomic E-state index is -0.403. The number of hydrogen-bond acceptors (Lipinski definition) is 4. The highest BCUT2D eigenvalue weighted by Crippen LogP contribution is 2.12. The van der Waals surface area contributed by atoms with Gasteiger partial charge in [0.05, 0.1) is 6.10 Å². The maximum Gasteiger partial charge on any atom is 0.0786 e. The Hall–Kier alpha value is -0.160. The van der Waals surface area contributed by atoms with Crippen molar-refractivity contribution in [3.63, 3.8) is 0 Å². The lowest BCUT2D eigenvalue weighted by atomic mass is 10.0. The molecule has 0 amide bonds. The molecule has 0 saturated carbocycles. The number of rotatable bonds is 5.